The van der Waals surface area contributed by atoms with E-state index in [1.165, 1.54) is 18.5 Å². The number of hydrogen-bond donors (Lipinski definition) is 1. The van der Waals surface area contributed by atoms with E-state index in [2.05, 4.69) is 20.2 Å². The molecule has 1 N–H and O–H groups in total. The number of piperidine rings is 1. The zero-order valence-corrected chi connectivity index (χ0v) is 17.4. The van der Waals surface area contributed by atoms with Crippen LogP contribution in [0, 0.1) is 11.7 Å². The maximum absolute atomic E-state index is 13.2. The SMILES string of the molecule is CCOc1ccc(NC(=O)C2CCN(c3cc(-c4ccc(F)cc4)ncn3)CC2)cc1. The van der Waals surface area contributed by atoms with Crippen LogP contribution in [0.2, 0.25) is 0 Å². The normalized spacial score (nSPS) is 14.3. The molecule has 0 atom stereocenters. The predicted octanol–water partition coefficient (Wildman–Crippen LogP) is 4.54. The number of rotatable bonds is 6. The Kier molecular flexibility index (Phi) is 6.40. The molecule has 160 valence electrons. The van der Waals surface area contributed by atoms with Crippen LogP contribution in [0.15, 0.2) is 60.9 Å². The van der Waals surface area contributed by atoms with Crippen molar-refractivity contribution >= 4 is 17.4 Å². The molecule has 1 aliphatic rings. The third-order valence-corrected chi connectivity index (χ3v) is 5.42. The van der Waals surface area contributed by atoms with Gasteiger partial charge in [-0.05, 0) is 68.3 Å². The first kappa shape index (κ1) is 20.8. The van der Waals surface area contributed by atoms with E-state index in [0.29, 0.717) is 6.61 Å². The molecule has 31 heavy (non-hydrogen) atoms. The van der Waals surface area contributed by atoms with Crippen LogP contribution >= 0.6 is 0 Å². The second kappa shape index (κ2) is 9.55. The number of amides is 1. The molecule has 0 spiro atoms. The maximum atomic E-state index is 13.2. The Hall–Kier alpha value is -3.48. The molecule has 0 saturated carbocycles. The van der Waals surface area contributed by atoms with Gasteiger partial charge in [-0.3, -0.25) is 4.79 Å². The Morgan fingerprint density at radius 2 is 1.81 bits per heavy atom. The average molecular weight is 420 g/mol. The summed E-state index contributed by atoms with van der Waals surface area (Å²) in [5, 5.41) is 3.00. The molecule has 1 aliphatic heterocycles. The molecule has 0 unspecified atom stereocenters. The molecule has 1 aromatic heterocycles. The topological polar surface area (TPSA) is 67.3 Å². The summed E-state index contributed by atoms with van der Waals surface area (Å²) < 4.78 is 18.6. The lowest BCUT2D eigenvalue weighted by Gasteiger charge is -2.32. The Morgan fingerprint density at radius 1 is 1.10 bits per heavy atom. The number of ether oxygens (including phenoxy) is 1. The van der Waals surface area contributed by atoms with Gasteiger partial charge >= 0.3 is 0 Å². The molecule has 4 rings (SSSR count). The second-order valence-corrected chi connectivity index (χ2v) is 7.48. The van der Waals surface area contributed by atoms with Crippen molar-refractivity contribution in [2.45, 2.75) is 19.8 Å². The average Bonchev–Trinajstić information content (AvgIpc) is 2.81. The van der Waals surface area contributed by atoms with Crippen LogP contribution in [0.3, 0.4) is 0 Å². The maximum Gasteiger partial charge on any atom is 0.227 e. The van der Waals surface area contributed by atoms with Gasteiger partial charge < -0.3 is 15.0 Å². The lowest BCUT2D eigenvalue weighted by atomic mass is 9.95. The third-order valence-electron chi connectivity index (χ3n) is 5.42. The molecular formula is C24H25FN4O2. The number of hydrogen-bond acceptors (Lipinski definition) is 5. The van der Waals surface area contributed by atoms with Crippen LogP contribution in [0.4, 0.5) is 15.9 Å². The van der Waals surface area contributed by atoms with Crippen LogP contribution in [0.25, 0.3) is 11.3 Å². The van der Waals surface area contributed by atoms with Crippen LogP contribution in [-0.2, 0) is 4.79 Å². The summed E-state index contributed by atoms with van der Waals surface area (Å²) in [5.41, 5.74) is 2.37. The molecule has 7 heteroatoms. The van der Waals surface area contributed by atoms with Gasteiger partial charge in [0.1, 0.15) is 23.7 Å². The first-order valence-electron chi connectivity index (χ1n) is 10.5. The Bertz CT molecular complexity index is 1020. The monoisotopic (exact) mass is 420 g/mol. The van der Waals surface area contributed by atoms with Gasteiger partial charge in [-0.15, -0.1) is 0 Å². The van der Waals surface area contributed by atoms with Gasteiger partial charge in [0.15, 0.2) is 0 Å². The van der Waals surface area contributed by atoms with Crippen molar-refractivity contribution in [2.24, 2.45) is 5.92 Å². The van der Waals surface area contributed by atoms with Crippen molar-refractivity contribution in [2.75, 3.05) is 29.9 Å². The number of halogens is 1. The summed E-state index contributed by atoms with van der Waals surface area (Å²) in [5.74, 6) is 1.33. The zero-order chi connectivity index (χ0) is 21.6. The van der Waals surface area contributed by atoms with Gasteiger partial charge in [0.05, 0.1) is 12.3 Å². The molecule has 0 aliphatic carbocycles. The number of benzene rings is 2. The van der Waals surface area contributed by atoms with E-state index in [0.717, 1.165) is 54.4 Å². The fraction of sp³-hybridized carbons (Fsp3) is 0.292. The van der Waals surface area contributed by atoms with E-state index in [1.807, 2.05) is 37.3 Å². The molecule has 2 aromatic carbocycles. The predicted molar refractivity (Wildman–Crippen MR) is 119 cm³/mol. The molecule has 2 heterocycles. The summed E-state index contributed by atoms with van der Waals surface area (Å²) in [6.07, 6.45) is 3.02. The summed E-state index contributed by atoms with van der Waals surface area (Å²) in [6, 6.07) is 15.6. The second-order valence-electron chi connectivity index (χ2n) is 7.48. The Labute approximate surface area is 181 Å². The van der Waals surface area contributed by atoms with E-state index in [4.69, 9.17) is 4.74 Å². The van der Waals surface area contributed by atoms with Gasteiger partial charge in [-0.25, -0.2) is 14.4 Å². The smallest absolute Gasteiger partial charge is 0.227 e. The molecular weight excluding hydrogens is 395 g/mol. The molecule has 1 saturated heterocycles. The van der Waals surface area contributed by atoms with E-state index < -0.39 is 0 Å². The molecule has 6 nitrogen and oxygen atoms in total. The van der Waals surface area contributed by atoms with Gasteiger partial charge in [0, 0.05) is 36.3 Å². The number of aromatic nitrogens is 2. The lowest BCUT2D eigenvalue weighted by molar-refractivity contribution is -0.120. The van der Waals surface area contributed by atoms with Crippen molar-refractivity contribution < 1.29 is 13.9 Å². The fourth-order valence-corrected chi connectivity index (χ4v) is 3.71. The van der Waals surface area contributed by atoms with E-state index in [9.17, 15) is 9.18 Å². The van der Waals surface area contributed by atoms with Crippen LogP contribution in [0.1, 0.15) is 19.8 Å². The lowest BCUT2D eigenvalue weighted by Crippen LogP contribution is -2.38. The van der Waals surface area contributed by atoms with Crippen molar-refractivity contribution in [3.05, 3.63) is 66.7 Å². The molecule has 1 amide bonds. The number of carbonyl (C=O) groups excluding carboxylic acids is 1. The summed E-state index contributed by atoms with van der Waals surface area (Å²) in [7, 11) is 0. The summed E-state index contributed by atoms with van der Waals surface area (Å²) in [4.78, 5) is 23.5. The van der Waals surface area contributed by atoms with Crippen molar-refractivity contribution in [3.8, 4) is 17.0 Å². The van der Waals surface area contributed by atoms with Crippen molar-refractivity contribution in [1.29, 1.82) is 0 Å². The van der Waals surface area contributed by atoms with Crippen molar-refractivity contribution in [3.63, 3.8) is 0 Å². The summed E-state index contributed by atoms with van der Waals surface area (Å²) in [6.45, 7) is 4.03. The van der Waals surface area contributed by atoms with E-state index in [-0.39, 0.29) is 17.6 Å². The number of nitrogens with one attached hydrogen (secondary N) is 1. The highest BCUT2D eigenvalue weighted by molar-refractivity contribution is 5.92. The first-order valence-corrected chi connectivity index (χ1v) is 10.5. The minimum atomic E-state index is -0.274. The highest BCUT2D eigenvalue weighted by atomic mass is 19.1. The quantitative estimate of drug-likeness (QED) is 0.634. The molecule has 0 radical (unpaired) electrons. The molecule has 3 aromatic rings. The zero-order valence-electron chi connectivity index (χ0n) is 17.4. The first-order chi connectivity index (χ1) is 15.1. The summed E-state index contributed by atoms with van der Waals surface area (Å²) >= 11 is 0. The van der Waals surface area contributed by atoms with Gasteiger partial charge in [0.2, 0.25) is 5.91 Å². The number of carbonyl (C=O) groups is 1. The van der Waals surface area contributed by atoms with Gasteiger partial charge in [-0.1, -0.05) is 0 Å². The number of nitrogens with zero attached hydrogens (tertiary/aromatic N) is 3. The van der Waals surface area contributed by atoms with Crippen LogP contribution < -0.4 is 15.0 Å². The minimum absolute atomic E-state index is 0.0403. The van der Waals surface area contributed by atoms with Crippen LogP contribution in [-0.4, -0.2) is 35.6 Å². The van der Waals surface area contributed by atoms with E-state index in [1.54, 1.807) is 12.1 Å². The van der Waals surface area contributed by atoms with Gasteiger partial charge in [-0.2, -0.15) is 0 Å². The van der Waals surface area contributed by atoms with Crippen molar-refractivity contribution in [1.82, 2.24) is 9.97 Å². The number of anilines is 2. The van der Waals surface area contributed by atoms with Crippen LogP contribution in [0.5, 0.6) is 5.75 Å². The molecule has 0 bridgehead atoms. The molecule has 1 fully saturated rings. The van der Waals surface area contributed by atoms with Gasteiger partial charge in [0.25, 0.3) is 0 Å². The standard InChI is InChI=1S/C24H25FN4O2/c1-2-31-21-9-7-20(8-10-21)28-24(30)18-11-13-29(14-12-18)23-15-22(26-16-27-23)17-3-5-19(25)6-4-17/h3-10,15-16,18H,2,11-14H2,1H3,(H,28,30). The highest BCUT2D eigenvalue weighted by Crippen LogP contribution is 2.26. The largest absolute Gasteiger partial charge is 0.494 e. The highest BCUT2D eigenvalue weighted by Gasteiger charge is 2.26. The Balaban J connectivity index is 1.34. The van der Waals surface area contributed by atoms with E-state index >= 15 is 0 Å². The third kappa shape index (κ3) is 5.17. The fourth-order valence-electron chi connectivity index (χ4n) is 3.71. The Morgan fingerprint density at radius 3 is 2.48 bits per heavy atom. The minimum Gasteiger partial charge on any atom is -0.494 e.